The summed E-state index contributed by atoms with van der Waals surface area (Å²) in [5, 5.41) is 12.3. The lowest BCUT2D eigenvalue weighted by molar-refractivity contribution is -0.384. The van der Waals surface area contributed by atoms with Crippen LogP contribution in [0.15, 0.2) is 35.9 Å². The van der Waals surface area contributed by atoms with Crippen LogP contribution >= 0.6 is 23.3 Å². The van der Waals surface area contributed by atoms with Crippen LogP contribution in [0.2, 0.25) is 0 Å². The topological polar surface area (TPSA) is 56.0 Å². The Kier molecular flexibility index (Phi) is 3.21. The van der Waals surface area contributed by atoms with Gasteiger partial charge in [0.25, 0.3) is 5.69 Å². The average Bonchev–Trinajstić information content (AvgIpc) is 2.68. The van der Waals surface area contributed by atoms with Crippen molar-refractivity contribution in [1.29, 1.82) is 0 Å². The Balaban J connectivity index is 2.46. The summed E-state index contributed by atoms with van der Waals surface area (Å²) in [6.07, 6.45) is 1.78. The summed E-state index contributed by atoms with van der Waals surface area (Å²) in [5.74, 6) is 0.752. The SMILES string of the molecule is C=CCSc1nsc2ccc([N+](=O)[O-])cc12. The van der Waals surface area contributed by atoms with Crippen LogP contribution in [0.3, 0.4) is 0 Å². The predicted molar refractivity (Wildman–Crippen MR) is 67.2 cm³/mol. The fourth-order valence-electron chi connectivity index (χ4n) is 1.26. The molecule has 0 radical (unpaired) electrons. The Bertz CT molecular complexity index is 551. The standard InChI is InChI=1S/C10H8N2O2S2/c1-2-5-15-10-8-6-7(12(13)14)3-4-9(8)16-11-10/h2-4,6H,1,5H2. The van der Waals surface area contributed by atoms with Gasteiger partial charge in [0, 0.05) is 23.3 Å². The molecule has 0 aliphatic carbocycles. The van der Waals surface area contributed by atoms with Crippen molar-refractivity contribution in [3.63, 3.8) is 0 Å². The molecule has 1 aromatic carbocycles. The van der Waals surface area contributed by atoms with E-state index in [-0.39, 0.29) is 10.6 Å². The lowest BCUT2D eigenvalue weighted by Crippen LogP contribution is -1.86. The molecule has 1 aromatic heterocycles. The number of rotatable bonds is 4. The molecule has 82 valence electrons. The molecule has 0 bridgehead atoms. The number of hydrogen-bond donors (Lipinski definition) is 0. The second kappa shape index (κ2) is 4.63. The van der Waals surface area contributed by atoms with E-state index in [1.165, 1.54) is 29.4 Å². The van der Waals surface area contributed by atoms with Crippen molar-refractivity contribution in [2.75, 3.05) is 5.75 Å². The second-order valence-electron chi connectivity index (χ2n) is 3.02. The number of nitrogens with zero attached hydrogens (tertiary/aromatic N) is 2. The number of thioether (sulfide) groups is 1. The molecule has 0 amide bonds. The van der Waals surface area contributed by atoms with Gasteiger partial charge >= 0.3 is 0 Å². The monoisotopic (exact) mass is 252 g/mol. The molecular weight excluding hydrogens is 244 g/mol. The van der Waals surface area contributed by atoms with E-state index in [2.05, 4.69) is 11.0 Å². The Hall–Kier alpha value is -1.40. The van der Waals surface area contributed by atoms with Crippen LogP contribution in [0.5, 0.6) is 0 Å². The number of nitro benzene ring substituents is 1. The first-order valence-corrected chi connectivity index (χ1v) is 6.26. The molecule has 0 saturated carbocycles. The quantitative estimate of drug-likeness (QED) is 0.362. The molecule has 0 aliphatic heterocycles. The van der Waals surface area contributed by atoms with Crippen molar-refractivity contribution in [1.82, 2.24) is 4.37 Å². The van der Waals surface area contributed by atoms with Crippen LogP contribution in [-0.2, 0) is 0 Å². The molecule has 2 rings (SSSR count). The zero-order valence-electron chi connectivity index (χ0n) is 8.25. The van der Waals surface area contributed by atoms with Crippen molar-refractivity contribution in [2.24, 2.45) is 0 Å². The molecule has 0 spiro atoms. The fourth-order valence-corrected chi connectivity index (χ4v) is 2.91. The molecular formula is C10H8N2O2S2. The maximum atomic E-state index is 10.7. The summed E-state index contributed by atoms with van der Waals surface area (Å²) >= 11 is 2.89. The summed E-state index contributed by atoms with van der Waals surface area (Å²) in [6.45, 7) is 3.63. The lowest BCUT2D eigenvalue weighted by atomic mass is 10.2. The zero-order chi connectivity index (χ0) is 11.5. The van der Waals surface area contributed by atoms with Crippen LogP contribution in [0.1, 0.15) is 0 Å². The number of benzene rings is 1. The molecule has 0 saturated heterocycles. The largest absolute Gasteiger partial charge is 0.270 e. The highest BCUT2D eigenvalue weighted by Crippen LogP contribution is 2.32. The van der Waals surface area contributed by atoms with Crippen LogP contribution < -0.4 is 0 Å². The van der Waals surface area contributed by atoms with Crippen LogP contribution in [0.4, 0.5) is 5.69 Å². The van der Waals surface area contributed by atoms with Crippen molar-refractivity contribution < 1.29 is 4.92 Å². The summed E-state index contributed by atoms with van der Waals surface area (Å²) in [4.78, 5) is 10.3. The highest BCUT2D eigenvalue weighted by atomic mass is 32.2. The Morgan fingerprint density at radius 1 is 1.62 bits per heavy atom. The van der Waals surface area contributed by atoms with Gasteiger partial charge in [-0.15, -0.1) is 18.3 Å². The fraction of sp³-hybridized carbons (Fsp3) is 0.100. The van der Waals surface area contributed by atoms with Crippen molar-refractivity contribution in [3.05, 3.63) is 41.0 Å². The second-order valence-corrected chi connectivity index (χ2v) is 4.84. The van der Waals surface area contributed by atoms with Crippen molar-refractivity contribution >= 4 is 39.1 Å². The highest BCUT2D eigenvalue weighted by Gasteiger charge is 2.11. The molecule has 2 aromatic rings. The third kappa shape index (κ3) is 2.07. The van der Waals surface area contributed by atoms with Crippen molar-refractivity contribution in [3.8, 4) is 0 Å². The maximum Gasteiger partial charge on any atom is 0.270 e. The van der Waals surface area contributed by atoms with Gasteiger partial charge < -0.3 is 0 Å². The molecule has 0 fully saturated rings. The minimum atomic E-state index is -0.390. The average molecular weight is 252 g/mol. The number of nitro groups is 1. The minimum Gasteiger partial charge on any atom is -0.258 e. The van der Waals surface area contributed by atoms with Crippen LogP contribution in [0, 0.1) is 10.1 Å². The third-order valence-electron chi connectivity index (χ3n) is 1.97. The molecule has 0 atom stereocenters. The van der Waals surface area contributed by atoms with E-state index in [0.717, 1.165) is 20.9 Å². The van der Waals surface area contributed by atoms with E-state index in [4.69, 9.17) is 0 Å². The van der Waals surface area contributed by atoms with E-state index in [0.29, 0.717) is 0 Å². The normalized spacial score (nSPS) is 10.5. The van der Waals surface area contributed by atoms with Gasteiger partial charge in [-0.3, -0.25) is 10.1 Å². The summed E-state index contributed by atoms with van der Waals surface area (Å²) < 4.78 is 5.24. The molecule has 0 N–H and O–H groups in total. The molecule has 4 nitrogen and oxygen atoms in total. The number of non-ortho nitro benzene ring substituents is 1. The van der Waals surface area contributed by atoms with E-state index in [1.807, 2.05) is 0 Å². The van der Waals surface area contributed by atoms with E-state index >= 15 is 0 Å². The number of fused-ring (bicyclic) bond motifs is 1. The Morgan fingerprint density at radius 3 is 3.12 bits per heavy atom. The zero-order valence-corrected chi connectivity index (χ0v) is 9.88. The maximum absolute atomic E-state index is 10.7. The first-order chi connectivity index (χ1) is 7.72. The van der Waals surface area contributed by atoms with Crippen LogP contribution in [-0.4, -0.2) is 15.0 Å². The Morgan fingerprint density at radius 2 is 2.44 bits per heavy atom. The van der Waals surface area contributed by atoms with Gasteiger partial charge in [-0.2, -0.15) is 4.37 Å². The van der Waals surface area contributed by atoms with E-state index in [9.17, 15) is 10.1 Å². The van der Waals surface area contributed by atoms with Gasteiger partial charge in [-0.05, 0) is 17.6 Å². The molecule has 1 heterocycles. The first-order valence-electron chi connectivity index (χ1n) is 4.50. The molecule has 0 aliphatic rings. The van der Waals surface area contributed by atoms with Crippen molar-refractivity contribution in [2.45, 2.75) is 5.03 Å². The first kappa shape index (κ1) is 11.1. The molecule has 0 unspecified atom stereocenters. The lowest BCUT2D eigenvalue weighted by Gasteiger charge is -1.94. The van der Waals surface area contributed by atoms with Gasteiger partial charge in [0.2, 0.25) is 0 Å². The molecule has 16 heavy (non-hydrogen) atoms. The van der Waals surface area contributed by atoms with E-state index in [1.54, 1.807) is 18.2 Å². The van der Waals surface area contributed by atoms with Crippen LogP contribution in [0.25, 0.3) is 10.1 Å². The number of hydrogen-bond acceptors (Lipinski definition) is 5. The summed E-state index contributed by atoms with van der Waals surface area (Å²) in [5.41, 5.74) is 0.105. The highest BCUT2D eigenvalue weighted by molar-refractivity contribution is 7.99. The predicted octanol–water partition coefficient (Wildman–Crippen LogP) is 3.48. The summed E-state index contributed by atoms with van der Waals surface area (Å²) in [6, 6.07) is 4.82. The number of aromatic nitrogens is 1. The van der Waals surface area contributed by atoms with Gasteiger partial charge in [-0.1, -0.05) is 6.08 Å². The Labute approximate surface area is 100 Å². The smallest absolute Gasteiger partial charge is 0.258 e. The molecule has 6 heteroatoms. The third-order valence-corrected chi connectivity index (χ3v) is 3.90. The minimum absolute atomic E-state index is 0.105. The van der Waals surface area contributed by atoms with Gasteiger partial charge in [0.15, 0.2) is 0 Å². The van der Waals surface area contributed by atoms with Gasteiger partial charge in [0.05, 0.1) is 9.62 Å². The summed E-state index contributed by atoms with van der Waals surface area (Å²) in [7, 11) is 0. The van der Waals surface area contributed by atoms with Gasteiger partial charge in [-0.25, -0.2) is 0 Å². The van der Waals surface area contributed by atoms with Gasteiger partial charge in [0.1, 0.15) is 5.03 Å². The van der Waals surface area contributed by atoms with E-state index < -0.39 is 0 Å².